The van der Waals surface area contributed by atoms with Gasteiger partial charge >= 0.3 is 6.18 Å². The Balaban J connectivity index is 3.22. The molecule has 0 atom stereocenters. The number of alkyl halides is 3. The first-order chi connectivity index (χ1) is 9.15. The van der Waals surface area contributed by atoms with Gasteiger partial charge in [-0.2, -0.15) is 13.2 Å². The van der Waals surface area contributed by atoms with Crippen LogP contribution in [0.15, 0.2) is 17.3 Å². The van der Waals surface area contributed by atoms with Crippen LogP contribution in [0.4, 0.5) is 24.7 Å². The molecule has 1 aromatic rings. The van der Waals surface area contributed by atoms with Gasteiger partial charge in [0.25, 0.3) is 5.69 Å². The Kier molecular flexibility index (Phi) is 4.32. The second-order valence-electron chi connectivity index (χ2n) is 3.75. The van der Waals surface area contributed by atoms with E-state index in [0.29, 0.717) is 0 Å². The number of amidine groups is 1. The van der Waals surface area contributed by atoms with Gasteiger partial charge in [0.05, 0.1) is 4.92 Å². The van der Waals surface area contributed by atoms with Gasteiger partial charge < -0.3 is 15.8 Å². The number of oxime groups is 1. The molecule has 0 saturated carbocycles. The number of halogens is 3. The summed E-state index contributed by atoms with van der Waals surface area (Å²) in [5.74, 6) is -0.867. The molecular weight excluding hydrogens is 283 g/mol. The maximum Gasteiger partial charge on any atom is 0.405 e. The summed E-state index contributed by atoms with van der Waals surface area (Å²) in [5, 5.41) is 21.8. The first-order valence-electron chi connectivity index (χ1n) is 5.07. The largest absolute Gasteiger partial charge is 0.409 e. The minimum absolute atomic E-state index is 0.200. The van der Waals surface area contributed by atoms with E-state index in [0.717, 1.165) is 24.1 Å². The number of hydrogen-bond donors (Lipinski definition) is 2. The van der Waals surface area contributed by atoms with Crippen molar-refractivity contribution in [3.05, 3.63) is 27.9 Å². The fourth-order valence-corrected chi connectivity index (χ4v) is 1.39. The highest BCUT2D eigenvalue weighted by atomic mass is 19.4. The SMILES string of the molecule is CN(CC(F)(F)F)c1ccc([N+](=O)[O-])c(/C(N)=N/O)n1. The minimum Gasteiger partial charge on any atom is -0.409 e. The summed E-state index contributed by atoms with van der Waals surface area (Å²) in [6.45, 7) is -1.30. The normalized spacial score (nSPS) is 12.3. The van der Waals surface area contributed by atoms with E-state index in [1.54, 1.807) is 0 Å². The van der Waals surface area contributed by atoms with E-state index in [-0.39, 0.29) is 5.82 Å². The molecule has 110 valence electrons. The first-order valence-corrected chi connectivity index (χ1v) is 5.07. The Morgan fingerprint density at radius 2 is 2.20 bits per heavy atom. The van der Waals surface area contributed by atoms with Crippen LogP contribution in [0, 0.1) is 10.1 Å². The molecule has 0 aliphatic rings. The summed E-state index contributed by atoms with van der Waals surface area (Å²) in [4.78, 5) is 14.2. The van der Waals surface area contributed by atoms with Crippen LogP contribution in [0.5, 0.6) is 0 Å². The molecule has 0 aliphatic carbocycles. The minimum atomic E-state index is -4.46. The Hall–Kier alpha value is -2.59. The summed E-state index contributed by atoms with van der Waals surface area (Å²) < 4.78 is 36.8. The van der Waals surface area contributed by atoms with Gasteiger partial charge in [0.2, 0.25) is 0 Å². The number of nitro groups is 1. The van der Waals surface area contributed by atoms with Crippen molar-refractivity contribution in [1.29, 1.82) is 0 Å². The van der Waals surface area contributed by atoms with Crippen LogP contribution in [-0.4, -0.2) is 40.7 Å². The molecular formula is C9H10F3N5O3. The number of hydrogen-bond acceptors (Lipinski definition) is 6. The van der Waals surface area contributed by atoms with Gasteiger partial charge in [-0.1, -0.05) is 5.16 Å². The number of nitrogens with zero attached hydrogens (tertiary/aromatic N) is 4. The van der Waals surface area contributed by atoms with Crippen LogP contribution in [-0.2, 0) is 0 Å². The Bertz CT molecular complexity index is 546. The number of pyridine rings is 1. The zero-order chi connectivity index (χ0) is 15.5. The van der Waals surface area contributed by atoms with Crippen molar-refractivity contribution in [2.45, 2.75) is 6.18 Å². The monoisotopic (exact) mass is 293 g/mol. The average Bonchev–Trinajstić information content (AvgIpc) is 2.34. The average molecular weight is 293 g/mol. The fraction of sp³-hybridized carbons (Fsp3) is 0.333. The maximum atomic E-state index is 12.3. The van der Waals surface area contributed by atoms with Crippen LogP contribution >= 0.6 is 0 Å². The van der Waals surface area contributed by atoms with E-state index < -0.39 is 34.9 Å². The maximum absolute atomic E-state index is 12.3. The molecule has 1 heterocycles. The van der Waals surface area contributed by atoms with Gasteiger partial charge in [-0.05, 0) is 6.07 Å². The standard InChI is InChI=1S/C9H10F3N5O3/c1-16(4-9(10,11)12)6-3-2-5(17(19)20)7(14-6)8(13)15-18/h2-3,18H,4H2,1H3,(H2,13,15). The third kappa shape index (κ3) is 3.70. The first kappa shape index (κ1) is 15.5. The molecule has 0 saturated heterocycles. The molecule has 0 unspecified atom stereocenters. The third-order valence-electron chi connectivity index (χ3n) is 2.21. The third-order valence-corrected chi connectivity index (χ3v) is 2.21. The predicted molar refractivity (Wildman–Crippen MR) is 62.7 cm³/mol. The molecule has 3 N–H and O–H groups in total. The van der Waals surface area contributed by atoms with E-state index in [9.17, 15) is 23.3 Å². The lowest BCUT2D eigenvalue weighted by Crippen LogP contribution is -2.32. The highest BCUT2D eigenvalue weighted by molar-refractivity contribution is 5.99. The number of anilines is 1. The lowest BCUT2D eigenvalue weighted by atomic mass is 10.2. The van der Waals surface area contributed by atoms with Crippen molar-refractivity contribution in [2.24, 2.45) is 10.9 Å². The quantitative estimate of drug-likeness (QED) is 0.282. The summed E-state index contributed by atoms with van der Waals surface area (Å²) in [5.41, 5.74) is 4.13. The molecule has 0 fully saturated rings. The Morgan fingerprint density at radius 1 is 1.60 bits per heavy atom. The van der Waals surface area contributed by atoms with Crippen LogP contribution in [0.2, 0.25) is 0 Å². The van der Waals surface area contributed by atoms with Gasteiger partial charge in [-0.3, -0.25) is 10.1 Å². The van der Waals surface area contributed by atoms with Gasteiger partial charge in [0.15, 0.2) is 11.5 Å². The van der Waals surface area contributed by atoms with Crippen molar-refractivity contribution in [1.82, 2.24) is 4.98 Å². The van der Waals surface area contributed by atoms with Crippen molar-refractivity contribution >= 4 is 17.3 Å². The van der Waals surface area contributed by atoms with E-state index >= 15 is 0 Å². The fourth-order valence-electron chi connectivity index (χ4n) is 1.39. The number of aromatic nitrogens is 1. The van der Waals surface area contributed by atoms with Gasteiger partial charge in [-0.15, -0.1) is 0 Å². The lowest BCUT2D eigenvalue weighted by molar-refractivity contribution is -0.385. The molecule has 0 radical (unpaired) electrons. The predicted octanol–water partition coefficient (Wildman–Crippen LogP) is 1.08. The van der Waals surface area contributed by atoms with Crippen LogP contribution in [0.25, 0.3) is 0 Å². The Labute approximate surface area is 110 Å². The zero-order valence-electron chi connectivity index (χ0n) is 10.1. The highest BCUT2D eigenvalue weighted by Crippen LogP contribution is 2.23. The van der Waals surface area contributed by atoms with Gasteiger partial charge in [-0.25, -0.2) is 4.98 Å². The molecule has 11 heteroatoms. The molecule has 0 aromatic carbocycles. The van der Waals surface area contributed by atoms with E-state index in [1.807, 2.05) is 0 Å². The summed E-state index contributed by atoms with van der Waals surface area (Å²) in [6.07, 6.45) is -4.46. The van der Waals surface area contributed by atoms with Crippen LogP contribution < -0.4 is 10.6 Å². The number of rotatable bonds is 4. The molecule has 0 bridgehead atoms. The van der Waals surface area contributed by atoms with Crippen molar-refractivity contribution < 1.29 is 23.3 Å². The second-order valence-corrected chi connectivity index (χ2v) is 3.75. The summed E-state index contributed by atoms with van der Waals surface area (Å²) >= 11 is 0. The molecule has 1 rings (SSSR count). The van der Waals surface area contributed by atoms with Gasteiger partial charge in [0, 0.05) is 13.1 Å². The van der Waals surface area contributed by atoms with E-state index in [1.165, 1.54) is 0 Å². The zero-order valence-corrected chi connectivity index (χ0v) is 10.1. The Morgan fingerprint density at radius 3 is 2.65 bits per heavy atom. The topological polar surface area (TPSA) is 118 Å². The molecule has 20 heavy (non-hydrogen) atoms. The molecule has 0 aliphatic heterocycles. The summed E-state index contributed by atoms with van der Waals surface area (Å²) in [6, 6.07) is 1.97. The van der Waals surface area contributed by atoms with Gasteiger partial charge in [0.1, 0.15) is 12.4 Å². The molecule has 8 nitrogen and oxygen atoms in total. The van der Waals surface area contributed by atoms with E-state index in [2.05, 4.69) is 10.1 Å². The van der Waals surface area contributed by atoms with Crippen LogP contribution in [0.1, 0.15) is 5.69 Å². The summed E-state index contributed by atoms with van der Waals surface area (Å²) in [7, 11) is 1.11. The lowest BCUT2D eigenvalue weighted by Gasteiger charge is -2.20. The highest BCUT2D eigenvalue weighted by Gasteiger charge is 2.30. The molecule has 0 spiro atoms. The van der Waals surface area contributed by atoms with Crippen molar-refractivity contribution in [3.8, 4) is 0 Å². The molecule has 1 aromatic heterocycles. The van der Waals surface area contributed by atoms with Crippen LogP contribution in [0.3, 0.4) is 0 Å². The van der Waals surface area contributed by atoms with E-state index in [4.69, 9.17) is 10.9 Å². The number of nitrogens with two attached hydrogens (primary N) is 1. The van der Waals surface area contributed by atoms with Crippen molar-refractivity contribution in [2.75, 3.05) is 18.5 Å². The second kappa shape index (κ2) is 5.59. The smallest absolute Gasteiger partial charge is 0.405 e. The van der Waals surface area contributed by atoms with Crippen molar-refractivity contribution in [3.63, 3.8) is 0 Å². The molecule has 0 amide bonds.